The topological polar surface area (TPSA) is 153 Å². The second-order valence-electron chi connectivity index (χ2n) is 10.9. The molecule has 224 valence electrons. The lowest BCUT2D eigenvalue weighted by molar-refractivity contribution is -0.384. The summed E-state index contributed by atoms with van der Waals surface area (Å²) in [7, 11) is 0. The molecule has 0 spiro atoms. The van der Waals surface area contributed by atoms with E-state index in [4.69, 9.17) is 0 Å². The molecular formula is C33H32N6O5. The highest BCUT2D eigenvalue weighted by molar-refractivity contribution is 5.86. The third-order valence-corrected chi connectivity index (χ3v) is 7.48. The molecule has 44 heavy (non-hydrogen) atoms. The fraction of sp³-hybridized carbons (Fsp3) is 0.212. The zero-order valence-electron chi connectivity index (χ0n) is 25.0. The number of nitro benzene ring substituents is 2. The Hall–Kier alpha value is -5.42. The molecule has 2 aromatic heterocycles. The highest BCUT2D eigenvalue weighted by Crippen LogP contribution is 2.35. The number of nitro groups is 2. The van der Waals surface area contributed by atoms with Crippen molar-refractivity contribution in [3.8, 4) is 22.8 Å². The number of hydrogen-bond donors (Lipinski definition) is 2. The Morgan fingerprint density at radius 1 is 0.750 bits per heavy atom. The Kier molecular flexibility index (Phi) is 8.23. The van der Waals surface area contributed by atoms with Crippen molar-refractivity contribution in [3.05, 3.63) is 115 Å². The molecule has 0 aliphatic carbocycles. The predicted molar refractivity (Wildman–Crippen MR) is 171 cm³/mol. The lowest BCUT2D eigenvalue weighted by Gasteiger charge is -2.12. The van der Waals surface area contributed by atoms with Crippen LogP contribution >= 0.6 is 0 Å². The Bertz CT molecular complexity index is 2040. The molecule has 0 fully saturated rings. The Labute approximate surface area is 253 Å². The molecule has 0 bridgehead atoms. The van der Waals surface area contributed by atoms with E-state index in [0.29, 0.717) is 40.4 Å². The highest BCUT2D eigenvalue weighted by atomic mass is 16.6. The van der Waals surface area contributed by atoms with Crippen molar-refractivity contribution in [2.24, 2.45) is 0 Å². The summed E-state index contributed by atoms with van der Waals surface area (Å²) in [4.78, 5) is 34.4. The van der Waals surface area contributed by atoms with Crippen LogP contribution in [0.2, 0.25) is 0 Å². The standard InChI is InChI=1S/C18H19N3O3.C15H13N3O2/c1-11-6-5-9-15-16(11)19-18(20(15)10-13(3)22)14-8-4-7-12(2)17(14)21(23)24;1-9-5-4-8-12-13(9)17-15(16-12)11-7-3-6-10(2)14(11)18(19)20/h4-9,13,22H,10H2,1-3H3;3-8H,1-2H3,(H,16,17). The summed E-state index contributed by atoms with van der Waals surface area (Å²) in [5.41, 5.74) is 7.78. The molecule has 6 aromatic rings. The minimum Gasteiger partial charge on any atom is -0.392 e. The Morgan fingerprint density at radius 3 is 1.86 bits per heavy atom. The average Bonchev–Trinajstić information content (AvgIpc) is 3.56. The molecule has 6 rings (SSSR count). The molecule has 0 aliphatic rings. The molecule has 1 unspecified atom stereocenters. The maximum absolute atomic E-state index is 11.6. The van der Waals surface area contributed by atoms with Gasteiger partial charge in [-0.2, -0.15) is 0 Å². The number of para-hydroxylation sites is 4. The molecule has 11 nitrogen and oxygen atoms in total. The van der Waals surface area contributed by atoms with Crippen LogP contribution in [0, 0.1) is 47.9 Å². The fourth-order valence-electron chi connectivity index (χ4n) is 5.42. The number of aliphatic hydroxyl groups excluding tert-OH is 1. The van der Waals surface area contributed by atoms with E-state index in [0.717, 1.165) is 33.2 Å². The van der Waals surface area contributed by atoms with Crippen LogP contribution in [0.25, 0.3) is 44.8 Å². The van der Waals surface area contributed by atoms with Gasteiger partial charge in [-0.25, -0.2) is 9.97 Å². The number of aliphatic hydroxyl groups is 1. The van der Waals surface area contributed by atoms with Crippen molar-refractivity contribution in [1.29, 1.82) is 0 Å². The summed E-state index contributed by atoms with van der Waals surface area (Å²) >= 11 is 0. The maximum atomic E-state index is 11.6. The van der Waals surface area contributed by atoms with Gasteiger partial charge in [-0.05, 0) is 70.0 Å². The summed E-state index contributed by atoms with van der Waals surface area (Å²) < 4.78 is 1.86. The first kappa shape index (κ1) is 30.1. The van der Waals surface area contributed by atoms with Gasteiger partial charge in [-0.1, -0.05) is 48.5 Å². The molecule has 0 amide bonds. The van der Waals surface area contributed by atoms with E-state index >= 15 is 0 Å². The van der Waals surface area contributed by atoms with Gasteiger partial charge in [0, 0.05) is 11.1 Å². The lowest BCUT2D eigenvalue weighted by Crippen LogP contribution is -2.13. The molecule has 4 aromatic carbocycles. The van der Waals surface area contributed by atoms with E-state index in [9.17, 15) is 25.3 Å². The number of nitrogens with one attached hydrogen (secondary N) is 1. The molecule has 0 saturated heterocycles. The van der Waals surface area contributed by atoms with Crippen molar-refractivity contribution < 1.29 is 15.0 Å². The number of H-pyrrole nitrogens is 1. The SMILES string of the molecule is Cc1cccc(-c2nc3c(C)cccc3[nH]2)c1[N+](=O)[O-].Cc1cccc(-c2nc3c(C)cccc3n2CC(C)O)c1[N+](=O)[O-]. The van der Waals surface area contributed by atoms with Gasteiger partial charge >= 0.3 is 0 Å². The van der Waals surface area contributed by atoms with Gasteiger partial charge in [0.25, 0.3) is 11.4 Å². The molecule has 2 N–H and O–H groups in total. The minimum absolute atomic E-state index is 0.0531. The van der Waals surface area contributed by atoms with E-state index in [2.05, 4.69) is 15.0 Å². The largest absolute Gasteiger partial charge is 0.392 e. The number of rotatable bonds is 6. The zero-order chi connectivity index (χ0) is 31.7. The number of benzene rings is 4. The fourth-order valence-corrected chi connectivity index (χ4v) is 5.42. The van der Waals surface area contributed by atoms with Crippen molar-refractivity contribution >= 4 is 33.4 Å². The maximum Gasteiger partial charge on any atom is 0.283 e. The molecule has 0 aliphatic heterocycles. The summed E-state index contributed by atoms with van der Waals surface area (Å²) in [5, 5.41) is 32.7. The van der Waals surface area contributed by atoms with E-state index in [-0.39, 0.29) is 21.2 Å². The number of aryl methyl sites for hydroxylation is 4. The van der Waals surface area contributed by atoms with Crippen LogP contribution in [-0.2, 0) is 6.54 Å². The molecule has 11 heteroatoms. The first-order valence-corrected chi connectivity index (χ1v) is 14.1. The third-order valence-electron chi connectivity index (χ3n) is 7.48. The van der Waals surface area contributed by atoms with Crippen molar-refractivity contribution in [1.82, 2.24) is 19.5 Å². The van der Waals surface area contributed by atoms with Gasteiger partial charge in [-0.15, -0.1) is 0 Å². The van der Waals surface area contributed by atoms with Crippen molar-refractivity contribution in [3.63, 3.8) is 0 Å². The lowest BCUT2D eigenvalue weighted by atomic mass is 10.1. The van der Waals surface area contributed by atoms with Crippen LogP contribution in [0.5, 0.6) is 0 Å². The number of nitrogens with zero attached hydrogens (tertiary/aromatic N) is 5. The second-order valence-corrected chi connectivity index (χ2v) is 10.9. The van der Waals surface area contributed by atoms with Gasteiger partial charge in [0.05, 0.1) is 55.7 Å². The molecule has 0 saturated carbocycles. The number of aromatic nitrogens is 4. The van der Waals surface area contributed by atoms with Gasteiger partial charge in [0.1, 0.15) is 11.6 Å². The van der Waals surface area contributed by atoms with Gasteiger partial charge in [-0.3, -0.25) is 20.2 Å². The van der Waals surface area contributed by atoms with Crippen LogP contribution in [0.3, 0.4) is 0 Å². The summed E-state index contributed by atoms with van der Waals surface area (Å²) in [6.45, 7) is 9.38. The first-order chi connectivity index (χ1) is 21.0. The molecule has 2 heterocycles. The molecule has 0 radical (unpaired) electrons. The normalized spacial score (nSPS) is 11.8. The Morgan fingerprint density at radius 2 is 1.27 bits per heavy atom. The first-order valence-electron chi connectivity index (χ1n) is 14.1. The van der Waals surface area contributed by atoms with Crippen molar-refractivity contribution in [2.45, 2.75) is 47.3 Å². The van der Waals surface area contributed by atoms with Crippen LogP contribution in [-0.4, -0.2) is 40.6 Å². The quantitative estimate of drug-likeness (QED) is 0.151. The predicted octanol–water partition coefficient (Wildman–Crippen LogP) is 7.36. The highest BCUT2D eigenvalue weighted by Gasteiger charge is 2.24. The number of aromatic amines is 1. The van der Waals surface area contributed by atoms with E-state index < -0.39 is 6.10 Å². The summed E-state index contributed by atoms with van der Waals surface area (Å²) in [6.07, 6.45) is -0.592. The van der Waals surface area contributed by atoms with E-state index in [1.54, 1.807) is 57.2 Å². The minimum atomic E-state index is -0.592. The van der Waals surface area contributed by atoms with Crippen molar-refractivity contribution in [2.75, 3.05) is 0 Å². The Balaban J connectivity index is 0.000000177. The summed E-state index contributed by atoms with van der Waals surface area (Å²) in [6, 6.07) is 22.1. The van der Waals surface area contributed by atoms with Crippen LogP contribution in [0.4, 0.5) is 11.4 Å². The van der Waals surface area contributed by atoms with E-state index in [1.807, 2.05) is 54.8 Å². The monoisotopic (exact) mass is 592 g/mol. The van der Waals surface area contributed by atoms with Gasteiger partial charge < -0.3 is 14.7 Å². The number of hydrogen-bond acceptors (Lipinski definition) is 7. The van der Waals surface area contributed by atoms with Gasteiger partial charge in [0.2, 0.25) is 0 Å². The second kappa shape index (κ2) is 12.1. The van der Waals surface area contributed by atoms with E-state index in [1.165, 1.54) is 0 Å². The summed E-state index contributed by atoms with van der Waals surface area (Å²) in [5.74, 6) is 1.04. The molecule has 1 atom stereocenters. The number of imidazole rings is 2. The van der Waals surface area contributed by atoms with Crippen LogP contribution in [0.15, 0.2) is 72.8 Å². The zero-order valence-corrected chi connectivity index (χ0v) is 25.0. The third kappa shape index (κ3) is 5.64. The van der Waals surface area contributed by atoms with Crippen LogP contribution < -0.4 is 0 Å². The number of fused-ring (bicyclic) bond motifs is 2. The van der Waals surface area contributed by atoms with Gasteiger partial charge in [0.15, 0.2) is 0 Å². The smallest absolute Gasteiger partial charge is 0.283 e. The average molecular weight is 593 g/mol. The van der Waals surface area contributed by atoms with Crippen LogP contribution in [0.1, 0.15) is 29.2 Å². The molecular weight excluding hydrogens is 560 g/mol.